The molecule has 0 fully saturated rings. The molecule has 0 aromatic rings. The normalized spacial score (nSPS) is 11.7. The van der Waals surface area contributed by atoms with E-state index < -0.39 is 10.8 Å². The number of hydrogen-bond donors (Lipinski definition) is 2. The zero-order valence-corrected chi connectivity index (χ0v) is 9.52. The molecule has 0 saturated carbocycles. The van der Waals surface area contributed by atoms with E-state index in [-0.39, 0.29) is 22.1 Å². The van der Waals surface area contributed by atoms with E-state index in [9.17, 15) is 4.21 Å². The van der Waals surface area contributed by atoms with Crippen LogP contribution in [-0.4, -0.2) is 26.6 Å². The molecule has 0 aromatic carbocycles. The Morgan fingerprint density at radius 3 is 2.64 bits per heavy atom. The lowest BCUT2D eigenvalue weighted by Crippen LogP contribution is -3.00. The Kier molecular flexibility index (Phi) is 10.9. The van der Waals surface area contributed by atoms with Gasteiger partial charge in [-0.3, -0.25) is 9.62 Å². The van der Waals surface area contributed by atoms with Gasteiger partial charge in [-0.15, -0.1) is 0 Å². The van der Waals surface area contributed by atoms with Crippen LogP contribution >= 0.6 is 11.8 Å². The topological polar surface area (TPSA) is 66.9 Å². The molecule has 0 aliphatic rings. The van der Waals surface area contributed by atoms with Crippen LogP contribution in [0.4, 0.5) is 0 Å². The van der Waals surface area contributed by atoms with Crippen molar-refractivity contribution >= 4 is 27.7 Å². The van der Waals surface area contributed by atoms with Gasteiger partial charge in [0.15, 0.2) is 5.17 Å². The monoisotopic (exact) mass is 259 g/mol. The summed E-state index contributed by atoms with van der Waals surface area (Å²) in [5, 5.41) is 6.94. The Bertz CT molecular complexity index is 142. The van der Waals surface area contributed by atoms with Crippen molar-refractivity contribution in [2.24, 2.45) is 5.73 Å². The molecule has 0 saturated heterocycles. The van der Waals surface area contributed by atoms with Crippen LogP contribution in [0.5, 0.6) is 0 Å². The Hall–Kier alpha value is 0.450. The van der Waals surface area contributed by atoms with E-state index in [4.69, 9.17) is 11.1 Å². The first-order valence-corrected chi connectivity index (χ1v) is 5.46. The zero-order chi connectivity index (χ0) is 7.98. The molecule has 1 atom stereocenters. The number of hydrogen-bond acceptors (Lipinski definition) is 3. The molecular formula is C5H12BrN2OS2-. The summed E-state index contributed by atoms with van der Waals surface area (Å²) in [4.78, 5) is 0. The van der Waals surface area contributed by atoms with Gasteiger partial charge in [-0.1, -0.05) is 18.7 Å². The minimum absolute atomic E-state index is 0. The lowest BCUT2D eigenvalue weighted by Gasteiger charge is -1.96. The second-order valence-corrected chi connectivity index (χ2v) is 4.65. The molecule has 0 aliphatic heterocycles. The molecule has 0 radical (unpaired) electrons. The summed E-state index contributed by atoms with van der Waals surface area (Å²) in [5.41, 5.74) is 5.07. The van der Waals surface area contributed by atoms with Crippen molar-refractivity contribution in [1.29, 1.82) is 5.41 Å². The molecule has 0 amide bonds. The quantitative estimate of drug-likeness (QED) is 0.430. The summed E-state index contributed by atoms with van der Waals surface area (Å²) in [6, 6.07) is 0. The molecule has 0 bridgehead atoms. The van der Waals surface area contributed by atoms with Crippen molar-refractivity contribution in [1.82, 2.24) is 0 Å². The van der Waals surface area contributed by atoms with Crippen molar-refractivity contribution in [3.8, 4) is 0 Å². The largest absolute Gasteiger partial charge is 1.00 e. The summed E-state index contributed by atoms with van der Waals surface area (Å²) in [5.74, 6) is 2.02. The van der Waals surface area contributed by atoms with Gasteiger partial charge >= 0.3 is 0 Å². The molecule has 0 spiro atoms. The predicted molar refractivity (Wildman–Crippen MR) is 47.9 cm³/mol. The molecule has 11 heavy (non-hydrogen) atoms. The Morgan fingerprint density at radius 1 is 1.73 bits per heavy atom. The molecule has 68 valence electrons. The number of nitrogens with two attached hydrogens (primary N) is 1. The smallest absolute Gasteiger partial charge is 0.151 e. The summed E-state index contributed by atoms with van der Waals surface area (Å²) < 4.78 is 10.8. The zero-order valence-electron chi connectivity index (χ0n) is 6.30. The summed E-state index contributed by atoms with van der Waals surface area (Å²) in [7, 11) is -0.716. The van der Waals surface area contributed by atoms with Crippen molar-refractivity contribution in [3.63, 3.8) is 0 Å². The van der Waals surface area contributed by atoms with Crippen molar-refractivity contribution in [3.05, 3.63) is 0 Å². The van der Waals surface area contributed by atoms with Crippen molar-refractivity contribution < 1.29 is 21.2 Å². The first-order chi connectivity index (χ1) is 4.66. The van der Waals surface area contributed by atoms with Gasteiger partial charge in [0.1, 0.15) is 0 Å². The van der Waals surface area contributed by atoms with Crippen molar-refractivity contribution in [2.45, 2.75) is 6.92 Å². The first kappa shape index (κ1) is 14.0. The third kappa shape index (κ3) is 10.4. The van der Waals surface area contributed by atoms with Gasteiger partial charge in [0.05, 0.1) is 0 Å². The summed E-state index contributed by atoms with van der Waals surface area (Å²) >= 11 is 1.24. The van der Waals surface area contributed by atoms with E-state index in [2.05, 4.69) is 0 Å². The summed E-state index contributed by atoms with van der Waals surface area (Å²) in [6.45, 7) is 1.88. The van der Waals surface area contributed by atoms with E-state index in [0.717, 1.165) is 0 Å². The maximum absolute atomic E-state index is 10.8. The fourth-order valence-electron chi connectivity index (χ4n) is 0.389. The van der Waals surface area contributed by atoms with Gasteiger partial charge in [-0.05, 0) is 0 Å². The molecule has 3 nitrogen and oxygen atoms in total. The summed E-state index contributed by atoms with van der Waals surface area (Å²) in [6.07, 6.45) is 0. The lowest BCUT2D eigenvalue weighted by molar-refractivity contribution is -0.00000348. The molecule has 1 unspecified atom stereocenters. The molecule has 0 rings (SSSR count). The van der Waals surface area contributed by atoms with Crippen molar-refractivity contribution in [2.75, 3.05) is 17.3 Å². The van der Waals surface area contributed by atoms with Crippen LogP contribution in [-0.2, 0) is 10.8 Å². The van der Waals surface area contributed by atoms with E-state index >= 15 is 0 Å². The Balaban J connectivity index is 0. The van der Waals surface area contributed by atoms with Gasteiger partial charge in [-0.25, -0.2) is 0 Å². The predicted octanol–water partition coefficient (Wildman–Crippen LogP) is -2.61. The molecule has 3 N–H and O–H groups in total. The lowest BCUT2D eigenvalue weighted by atomic mass is 10.9. The number of amidine groups is 1. The second-order valence-electron chi connectivity index (χ2n) is 1.65. The highest BCUT2D eigenvalue weighted by molar-refractivity contribution is 8.14. The third-order valence-corrected chi connectivity index (χ3v) is 3.17. The van der Waals surface area contributed by atoms with Gasteiger partial charge in [0.2, 0.25) is 0 Å². The Labute approximate surface area is 84.2 Å². The van der Waals surface area contributed by atoms with Crippen LogP contribution in [0.3, 0.4) is 0 Å². The molecule has 0 aliphatic carbocycles. The minimum atomic E-state index is -0.716. The van der Waals surface area contributed by atoms with Gasteiger partial charge < -0.3 is 22.7 Å². The fraction of sp³-hybridized carbons (Fsp3) is 0.800. The first-order valence-electron chi connectivity index (χ1n) is 2.98. The van der Waals surface area contributed by atoms with Crippen LogP contribution in [0.2, 0.25) is 0 Å². The molecular weight excluding hydrogens is 248 g/mol. The van der Waals surface area contributed by atoms with E-state index in [1.807, 2.05) is 6.92 Å². The number of halogens is 1. The van der Waals surface area contributed by atoms with E-state index in [1.54, 1.807) is 0 Å². The van der Waals surface area contributed by atoms with Gasteiger partial charge in [0, 0.05) is 28.1 Å². The fourth-order valence-corrected chi connectivity index (χ4v) is 1.97. The average molecular weight is 260 g/mol. The highest BCUT2D eigenvalue weighted by Gasteiger charge is 1.96. The second kappa shape index (κ2) is 8.55. The van der Waals surface area contributed by atoms with Crippen LogP contribution in [0, 0.1) is 5.41 Å². The number of nitrogens with one attached hydrogen (secondary N) is 1. The third-order valence-electron chi connectivity index (χ3n) is 0.891. The number of thioether (sulfide) groups is 1. The SMILES string of the molecule is CCS(=O)CCSC(=N)N.[Br-]. The van der Waals surface area contributed by atoms with Crippen LogP contribution in [0.15, 0.2) is 0 Å². The molecule has 0 aromatic heterocycles. The molecule has 6 heteroatoms. The van der Waals surface area contributed by atoms with E-state index in [1.165, 1.54) is 11.8 Å². The van der Waals surface area contributed by atoms with Crippen LogP contribution < -0.4 is 22.7 Å². The highest BCUT2D eigenvalue weighted by Crippen LogP contribution is 1.97. The maximum Gasteiger partial charge on any atom is 0.151 e. The molecule has 0 heterocycles. The average Bonchev–Trinajstić information content (AvgIpc) is 1.87. The Morgan fingerprint density at radius 2 is 2.27 bits per heavy atom. The minimum Gasteiger partial charge on any atom is -1.00 e. The van der Waals surface area contributed by atoms with Gasteiger partial charge in [-0.2, -0.15) is 0 Å². The van der Waals surface area contributed by atoms with Crippen LogP contribution in [0.25, 0.3) is 0 Å². The van der Waals surface area contributed by atoms with Crippen LogP contribution in [0.1, 0.15) is 6.92 Å². The highest BCUT2D eigenvalue weighted by atomic mass is 79.9. The van der Waals surface area contributed by atoms with E-state index in [0.29, 0.717) is 17.3 Å². The van der Waals surface area contributed by atoms with Gasteiger partial charge in [0.25, 0.3) is 0 Å². The standard InChI is InChI=1S/C5H12N2OS2.BrH/c1-2-10(8)4-3-9-5(6)7;/h2-4H2,1H3,(H3,6,7);1H/p-1. The number of rotatable bonds is 4. The maximum atomic E-state index is 10.8.